The summed E-state index contributed by atoms with van der Waals surface area (Å²) in [6.07, 6.45) is 1.52. The summed E-state index contributed by atoms with van der Waals surface area (Å²) < 4.78 is 23.9. The van der Waals surface area contributed by atoms with Crippen LogP contribution in [0.5, 0.6) is 0 Å². The van der Waals surface area contributed by atoms with Crippen LogP contribution in [0.2, 0.25) is 0 Å². The number of hydrogen-bond acceptors (Lipinski definition) is 6. The first-order valence-electron chi connectivity index (χ1n) is 5.82. The molecule has 18 heavy (non-hydrogen) atoms. The Hall–Kier alpha value is -0.750. The molecule has 0 unspecified atom stereocenters. The minimum atomic E-state index is -3.20. The number of hydrogen-bond donors (Lipinski definition) is 1. The highest BCUT2D eigenvalue weighted by Gasteiger charge is 2.27. The maximum Gasteiger partial charge on any atom is 0.351 e. The summed E-state index contributed by atoms with van der Waals surface area (Å²) in [4.78, 5) is 0. The van der Waals surface area contributed by atoms with Crippen molar-refractivity contribution in [2.75, 3.05) is 13.2 Å². The number of nitrogens with zero attached hydrogens (tertiary/aromatic N) is 3. The third-order valence-electron chi connectivity index (χ3n) is 2.14. The van der Waals surface area contributed by atoms with Crippen LogP contribution in [0.4, 0.5) is 0 Å². The van der Waals surface area contributed by atoms with E-state index in [1.165, 1.54) is 10.9 Å². The summed E-state index contributed by atoms with van der Waals surface area (Å²) in [5.41, 5.74) is -0.679. The van der Waals surface area contributed by atoms with Gasteiger partial charge in [-0.25, -0.2) is 4.68 Å². The molecule has 1 aromatic rings. The molecule has 0 bridgehead atoms. The topological polar surface area (TPSA) is 86.5 Å². The molecule has 104 valence electrons. The van der Waals surface area contributed by atoms with Gasteiger partial charge in [-0.1, -0.05) is 5.21 Å². The van der Waals surface area contributed by atoms with Crippen molar-refractivity contribution < 1.29 is 18.7 Å². The molecule has 0 fully saturated rings. The average molecular weight is 277 g/mol. The van der Waals surface area contributed by atoms with Crippen LogP contribution in [0.15, 0.2) is 6.20 Å². The van der Waals surface area contributed by atoms with Crippen molar-refractivity contribution >= 4 is 7.60 Å². The molecule has 1 rings (SSSR count). The lowest BCUT2D eigenvalue weighted by molar-refractivity contribution is 0.0737. The number of rotatable bonds is 7. The number of aromatic nitrogens is 3. The van der Waals surface area contributed by atoms with Crippen molar-refractivity contribution in [3.05, 3.63) is 11.9 Å². The quantitative estimate of drug-likeness (QED) is 0.764. The van der Waals surface area contributed by atoms with Crippen molar-refractivity contribution in [3.63, 3.8) is 0 Å². The van der Waals surface area contributed by atoms with Gasteiger partial charge in [0.05, 0.1) is 19.4 Å². The van der Waals surface area contributed by atoms with Crippen molar-refractivity contribution in [3.8, 4) is 0 Å². The third kappa shape index (κ3) is 4.17. The van der Waals surface area contributed by atoms with Gasteiger partial charge in [0, 0.05) is 0 Å². The third-order valence-corrected chi connectivity index (χ3v) is 4.07. The Labute approximate surface area is 107 Å². The maximum atomic E-state index is 12.2. The van der Waals surface area contributed by atoms with Crippen molar-refractivity contribution in [2.24, 2.45) is 0 Å². The lowest BCUT2D eigenvalue weighted by Gasteiger charge is -2.16. The van der Waals surface area contributed by atoms with Gasteiger partial charge in [0.25, 0.3) is 0 Å². The van der Waals surface area contributed by atoms with E-state index in [-0.39, 0.29) is 6.29 Å². The lowest BCUT2D eigenvalue weighted by atomic mass is 10.1. The summed E-state index contributed by atoms with van der Waals surface area (Å²) in [5.74, 6) is 0. The molecule has 7 nitrogen and oxygen atoms in total. The van der Waals surface area contributed by atoms with Crippen LogP contribution in [0.3, 0.4) is 0 Å². The first-order chi connectivity index (χ1) is 8.30. The van der Waals surface area contributed by atoms with Gasteiger partial charge in [-0.15, -0.1) is 5.10 Å². The van der Waals surface area contributed by atoms with E-state index in [0.29, 0.717) is 18.9 Å². The van der Waals surface area contributed by atoms with Gasteiger partial charge >= 0.3 is 7.60 Å². The molecule has 0 aliphatic rings. The van der Waals surface area contributed by atoms with Crippen LogP contribution in [0, 0.1) is 0 Å². The Morgan fingerprint density at radius 3 is 2.33 bits per heavy atom. The Balaban J connectivity index is 2.82. The second kappa shape index (κ2) is 5.93. The highest BCUT2D eigenvalue weighted by atomic mass is 31.2. The minimum absolute atomic E-state index is 0.0161. The van der Waals surface area contributed by atoms with Crippen molar-refractivity contribution in [2.45, 2.75) is 39.6 Å². The highest BCUT2D eigenvalue weighted by molar-refractivity contribution is 7.52. The molecule has 8 heteroatoms. The molecule has 0 spiro atoms. The number of aliphatic hydroxyl groups is 1. The van der Waals surface area contributed by atoms with Gasteiger partial charge in [0.1, 0.15) is 17.6 Å². The van der Waals surface area contributed by atoms with Crippen molar-refractivity contribution in [1.29, 1.82) is 0 Å². The Morgan fingerprint density at radius 2 is 1.94 bits per heavy atom. The van der Waals surface area contributed by atoms with Gasteiger partial charge in [-0.2, -0.15) is 0 Å². The minimum Gasteiger partial charge on any atom is -0.384 e. The van der Waals surface area contributed by atoms with Crippen LogP contribution in [0.1, 0.15) is 33.4 Å². The molecular weight excluding hydrogens is 257 g/mol. The molecule has 0 radical (unpaired) electrons. The van der Waals surface area contributed by atoms with E-state index in [9.17, 15) is 9.67 Å². The van der Waals surface area contributed by atoms with Crippen LogP contribution in [-0.4, -0.2) is 33.3 Å². The molecule has 0 aliphatic heterocycles. The van der Waals surface area contributed by atoms with E-state index in [1.807, 2.05) is 0 Å². The van der Waals surface area contributed by atoms with E-state index in [1.54, 1.807) is 27.7 Å². The molecule has 1 heterocycles. The van der Waals surface area contributed by atoms with E-state index in [0.717, 1.165) is 0 Å². The van der Waals surface area contributed by atoms with E-state index in [2.05, 4.69) is 10.3 Å². The van der Waals surface area contributed by atoms with Gasteiger partial charge < -0.3 is 14.2 Å². The summed E-state index contributed by atoms with van der Waals surface area (Å²) in [6, 6.07) is 0. The molecule has 0 saturated carbocycles. The summed E-state index contributed by atoms with van der Waals surface area (Å²) >= 11 is 0. The molecule has 0 amide bonds. The Kier molecular flexibility index (Phi) is 5.04. The molecule has 0 saturated heterocycles. The van der Waals surface area contributed by atoms with E-state index < -0.39 is 13.2 Å². The first kappa shape index (κ1) is 15.3. The van der Waals surface area contributed by atoms with Crippen LogP contribution >= 0.6 is 7.60 Å². The van der Waals surface area contributed by atoms with Crippen LogP contribution in [0.25, 0.3) is 0 Å². The van der Waals surface area contributed by atoms with Crippen LogP contribution < -0.4 is 0 Å². The Bertz CT molecular complexity index is 417. The standard InChI is InChI=1S/C10H20N3O4P/c1-5-16-18(15,17-6-2)8-13-7-9(11-12-13)10(3,4)14/h7,14H,5-6,8H2,1-4H3. The first-order valence-corrected chi connectivity index (χ1v) is 7.54. The summed E-state index contributed by atoms with van der Waals surface area (Å²) in [6.45, 7) is 7.29. The van der Waals surface area contributed by atoms with Gasteiger partial charge in [0.15, 0.2) is 0 Å². The highest BCUT2D eigenvalue weighted by Crippen LogP contribution is 2.49. The maximum absolute atomic E-state index is 12.2. The van der Waals surface area contributed by atoms with Crippen molar-refractivity contribution in [1.82, 2.24) is 15.0 Å². The van der Waals surface area contributed by atoms with Crippen LogP contribution in [-0.2, 0) is 25.5 Å². The van der Waals surface area contributed by atoms with E-state index in [4.69, 9.17) is 9.05 Å². The summed E-state index contributed by atoms with van der Waals surface area (Å²) in [7, 11) is -3.20. The van der Waals surface area contributed by atoms with Gasteiger partial charge in [0.2, 0.25) is 0 Å². The molecular formula is C10H20N3O4P. The lowest BCUT2D eigenvalue weighted by Crippen LogP contribution is -2.15. The SMILES string of the molecule is CCOP(=O)(Cn1cc(C(C)(C)O)nn1)OCC. The molecule has 0 aromatic carbocycles. The zero-order chi connectivity index (χ0) is 13.8. The molecule has 0 atom stereocenters. The molecule has 0 aliphatic carbocycles. The zero-order valence-electron chi connectivity index (χ0n) is 11.2. The molecule has 1 N–H and O–H groups in total. The zero-order valence-corrected chi connectivity index (χ0v) is 12.1. The van der Waals surface area contributed by atoms with Gasteiger partial charge in [-0.05, 0) is 27.7 Å². The van der Waals surface area contributed by atoms with Gasteiger partial charge in [-0.3, -0.25) is 4.57 Å². The fraction of sp³-hybridized carbons (Fsp3) is 0.800. The smallest absolute Gasteiger partial charge is 0.351 e. The second-order valence-corrected chi connectivity index (χ2v) is 6.31. The Morgan fingerprint density at radius 1 is 1.39 bits per heavy atom. The predicted octanol–water partition coefficient (Wildman–Crippen LogP) is 1.73. The normalized spacial score (nSPS) is 12.9. The van der Waals surface area contributed by atoms with E-state index >= 15 is 0 Å². The monoisotopic (exact) mass is 277 g/mol. The molecule has 1 aromatic heterocycles. The fourth-order valence-electron chi connectivity index (χ4n) is 1.34. The predicted molar refractivity (Wildman–Crippen MR) is 66.1 cm³/mol. The largest absolute Gasteiger partial charge is 0.384 e. The fourth-order valence-corrected chi connectivity index (χ4v) is 2.86. The second-order valence-electron chi connectivity index (χ2n) is 4.29. The average Bonchev–Trinajstić information content (AvgIpc) is 2.65. The summed E-state index contributed by atoms with van der Waals surface area (Å²) in [5, 5.41) is 17.4.